The van der Waals surface area contributed by atoms with Gasteiger partial charge in [0.2, 0.25) is 0 Å². The lowest BCUT2D eigenvalue weighted by Gasteiger charge is -2.45. The van der Waals surface area contributed by atoms with Crippen molar-refractivity contribution in [1.29, 1.82) is 0 Å². The van der Waals surface area contributed by atoms with Crippen LogP contribution in [0.5, 0.6) is 11.5 Å². The average Bonchev–Trinajstić information content (AvgIpc) is 3.13. The third-order valence-electron chi connectivity index (χ3n) is 7.13. The molecular formula is C24H27F4N3O3. The van der Waals surface area contributed by atoms with Crippen LogP contribution in [0.2, 0.25) is 0 Å². The summed E-state index contributed by atoms with van der Waals surface area (Å²) in [5.74, 6) is -4.41. The SMILES string of the molecule is COc1ccc([C@@]23CC[C@H](NC(=O)Nc4cc(F)c(F)c(F)c4)C[C@H]2N(C)CC3)c(F)c1OC. The fraction of sp³-hybridized carbons (Fsp3) is 0.458. The maximum atomic E-state index is 15.5. The molecule has 2 amide bonds. The van der Waals surface area contributed by atoms with E-state index in [1.807, 2.05) is 7.05 Å². The van der Waals surface area contributed by atoms with Crippen LogP contribution in [0.3, 0.4) is 0 Å². The number of carbonyl (C=O) groups excluding carboxylic acids is 1. The Balaban J connectivity index is 1.51. The van der Waals surface area contributed by atoms with E-state index in [1.165, 1.54) is 14.2 Å². The van der Waals surface area contributed by atoms with Crippen molar-refractivity contribution in [3.63, 3.8) is 0 Å². The van der Waals surface area contributed by atoms with Gasteiger partial charge in [0.1, 0.15) is 0 Å². The topological polar surface area (TPSA) is 62.8 Å². The van der Waals surface area contributed by atoms with E-state index in [-0.39, 0.29) is 23.5 Å². The summed E-state index contributed by atoms with van der Waals surface area (Å²) in [4.78, 5) is 14.6. The number of hydrogen-bond acceptors (Lipinski definition) is 4. The van der Waals surface area contributed by atoms with Crippen LogP contribution >= 0.6 is 0 Å². The number of methoxy groups -OCH3 is 2. The van der Waals surface area contributed by atoms with Crippen LogP contribution in [0.25, 0.3) is 0 Å². The van der Waals surface area contributed by atoms with Crippen molar-refractivity contribution in [1.82, 2.24) is 10.2 Å². The highest BCUT2D eigenvalue weighted by atomic mass is 19.2. The molecule has 1 saturated heterocycles. The second-order valence-electron chi connectivity index (χ2n) is 8.89. The maximum Gasteiger partial charge on any atom is 0.319 e. The van der Waals surface area contributed by atoms with E-state index in [1.54, 1.807) is 12.1 Å². The van der Waals surface area contributed by atoms with Gasteiger partial charge in [-0.25, -0.2) is 22.4 Å². The summed E-state index contributed by atoms with van der Waals surface area (Å²) >= 11 is 0. The second-order valence-corrected chi connectivity index (χ2v) is 8.89. The number of hydrogen-bond donors (Lipinski definition) is 2. The number of likely N-dealkylation sites (N-methyl/N-ethyl adjacent to an activating group) is 1. The van der Waals surface area contributed by atoms with E-state index >= 15 is 4.39 Å². The second kappa shape index (κ2) is 9.32. The van der Waals surface area contributed by atoms with Crippen molar-refractivity contribution in [2.75, 3.05) is 33.1 Å². The van der Waals surface area contributed by atoms with Crippen molar-refractivity contribution < 1.29 is 31.8 Å². The van der Waals surface area contributed by atoms with Crippen LogP contribution in [-0.2, 0) is 5.41 Å². The molecule has 4 rings (SSSR count). The summed E-state index contributed by atoms with van der Waals surface area (Å²) < 4.78 is 66.0. The summed E-state index contributed by atoms with van der Waals surface area (Å²) in [5, 5.41) is 5.17. The molecule has 0 unspecified atom stereocenters. The number of ether oxygens (including phenoxy) is 2. The molecule has 184 valence electrons. The van der Waals surface area contributed by atoms with Gasteiger partial charge in [-0.05, 0) is 50.9 Å². The number of fused-ring (bicyclic) bond motifs is 1. The van der Waals surface area contributed by atoms with Gasteiger partial charge in [-0.1, -0.05) is 6.07 Å². The van der Waals surface area contributed by atoms with E-state index in [2.05, 4.69) is 15.5 Å². The normalized spacial score (nSPS) is 24.4. The molecule has 0 aromatic heterocycles. The first-order valence-electron chi connectivity index (χ1n) is 11.0. The average molecular weight is 481 g/mol. The molecule has 10 heteroatoms. The molecule has 1 saturated carbocycles. The van der Waals surface area contributed by atoms with Crippen LogP contribution < -0.4 is 20.1 Å². The zero-order valence-corrected chi connectivity index (χ0v) is 19.2. The molecule has 0 spiro atoms. The van der Waals surface area contributed by atoms with Crippen LogP contribution in [0.4, 0.5) is 28.0 Å². The van der Waals surface area contributed by atoms with Crippen LogP contribution in [0, 0.1) is 23.3 Å². The predicted molar refractivity (Wildman–Crippen MR) is 118 cm³/mol. The number of likely N-dealkylation sites (tertiary alicyclic amines) is 1. The van der Waals surface area contributed by atoms with Crippen LogP contribution in [0.15, 0.2) is 24.3 Å². The number of benzene rings is 2. The van der Waals surface area contributed by atoms with Crippen molar-refractivity contribution in [3.8, 4) is 11.5 Å². The number of anilines is 1. The first kappa shape index (κ1) is 24.1. The van der Waals surface area contributed by atoms with E-state index in [9.17, 15) is 18.0 Å². The third-order valence-corrected chi connectivity index (χ3v) is 7.13. The number of halogens is 4. The molecule has 1 heterocycles. The Hall–Kier alpha value is -3.01. The summed E-state index contributed by atoms with van der Waals surface area (Å²) in [5.41, 5.74) is -0.0694. The monoisotopic (exact) mass is 481 g/mol. The molecule has 2 aromatic rings. The molecule has 2 aliphatic rings. The number of nitrogens with zero attached hydrogens (tertiary/aromatic N) is 1. The summed E-state index contributed by atoms with van der Waals surface area (Å²) in [6.45, 7) is 0.769. The fourth-order valence-corrected chi connectivity index (χ4v) is 5.47. The van der Waals surface area contributed by atoms with Crippen molar-refractivity contribution in [2.24, 2.45) is 0 Å². The van der Waals surface area contributed by atoms with Crippen LogP contribution in [-0.4, -0.2) is 50.8 Å². The molecule has 0 bridgehead atoms. The lowest BCUT2D eigenvalue weighted by atomic mass is 9.65. The van der Waals surface area contributed by atoms with Crippen molar-refractivity contribution in [3.05, 3.63) is 53.1 Å². The van der Waals surface area contributed by atoms with Gasteiger partial charge < -0.3 is 25.0 Å². The highest BCUT2D eigenvalue weighted by Gasteiger charge is 2.52. The molecular weight excluding hydrogens is 454 g/mol. The van der Waals surface area contributed by atoms with Crippen molar-refractivity contribution >= 4 is 11.7 Å². The highest BCUT2D eigenvalue weighted by Crippen LogP contribution is 2.51. The van der Waals surface area contributed by atoms with Crippen molar-refractivity contribution in [2.45, 2.75) is 43.2 Å². The molecule has 6 nitrogen and oxygen atoms in total. The van der Waals surface area contributed by atoms with E-state index in [4.69, 9.17) is 9.47 Å². The third kappa shape index (κ3) is 4.15. The van der Waals surface area contributed by atoms with Gasteiger partial charge in [0.15, 0.2) is 34.8 Å². The first-order chi connectivity index (χ1) is 16.2. The minimum absolute atomic E-state index is 0.0418. The summed E-state index contributed by atoms with van der Waals surface area (Å²) in [6.07, 6.45) is 2.52. The van der Waals surface area contributed by atoms with E-state index < -0.39 is 34.7 Å². The van der Waals surface area contributed by atoms with Gasteiger partial charge in [-0.2, -0.15) is 0 Å². The largest absolute Gasteiger partial charge is 0.493 e. The Labute approximate surface area is 195 Å². The molecule has 34 heavy (non-hydrogen) atoms. The standard InChI is InChI=1S/C24H27F4N3O3/c1-31-9-8-24(15-4-5-18(33-2)22(34-3)20(15)27)7-6-13(12-19(24)31)29-23(32)30-14-10-16(25)21(28)17(26)11-14/h4-5,10-11,13,19H,6-9,12H2,1-3H3,(H2,29,30,32)/t13-,19+,24-/m0/s1. The summed E-state index contributed by atoms with van der Waals surface area (Å²) in [6, 6.07) is 3.96. The molecule has 2 fully saturated rings. The van der Waals surface area contributed by atoms with E-state index in [0.29, 0.717) is 42.7 Å². The predicted octanol–water partition coefficient (Wildman–Crippen LogP) is 4.58. The van der Waals surface area contributed by atoms with Gasteiger partial charge in [-0.15, -0.1) is 0 Å². The van der Waals surface area contributed by atoms with Crippen LogP contribution in [0.1, 0.15) is 31.2 Å². The Morgan fingerprint density at radius 2 is 1.76 bits per heavy atom. The van der Waals surface area contributed by atoms with Gasteiger partial charge in [0, 0.05) is 35.3 Å². The smallest absolute Gasteiger partial charge is 0.319 e. The quantitative estimate of drug-likeness (QED) is 0.485. The Morgan fingerprint density at radius 1 is 1.06 bits per heavy atom. The highest BCUT2D eigenvalue weighted by molar-refractivity contribution is 5.89. The van der Waals surface area contributed by atoms with E-state index in [0.717, 1.165) is 13.0 Å². The van der Waals surface area contributed by atoms with Gasteiger partial charge >= 0.3 is 6.03 Å². The zero-order valence-electron chi connectivity index (χ0n) is 19.2. The number of rotatable bonds is 5. The van der Waals surface area contributed by atoms with Gasteiger partial charge in [0.25, 0.3) is 0 Å². The first-order valence-corrected chi connectivity index (χ1v) is 11.0. The molecule has 2 aromatic carbocycles. The molecule has 3 atom stereocenters. The maximum absolute atomic E-state index is 15.5. The molecule has 2 N–H and O–H groups in total. The fourth-order valence-electron chi connectivity index (χ4n) is 5.47. The Kier molecular flexibility index (Phi) is 6.62. The Morgan fingerprint density at radius 3 is 2.41 bits per heavy atom. The molecule has 0 radical (unpaired) electrons. The molecule has 1 aliphatic carbocycles. The number of carbonyl (C=O) groups is 1. The van der Waals surface area contributed by atoms with Gasteiger partial charge in [0.05, 0.1) is 14.2 Å². The minimum Gasteiger partial charge on any atom is -0.493 e. The Bertz CT molecular complexity index is 1080. The summed E-state index contributed by atoms with van der Waals surface area (Å²) in [7, 11) is 4.83. The lowest BCUT2D eigenvalue weighted by molar-refractivity contribution is 0.152. The van der Waals surface area contributed by atoms with Gasteiger partial charge in [-0.3, -0.25) is 0 Å². The number of nitrogens with one attached hydrogen (secondary N) is 2. The minimum atomic E-state index is -1.60. The number of amides is 2. The molecule has 1 aliphatic heterocycles. The zero-order chi connectivity index (χ0) is 24.6. The number of urea groups is 1. The lowest BCUT2D eigenvalue weighted by Crippen LogP contribution is -2.52.